The van der Waals surface area contributed by atoms with Crippen molar-refractivity contribution in [2.75, 3.05) is 44.7 Å². The molecule has 1 aromatic rings. The highest BCUT2D eigenvalue weighted by Crippen LogP contribution is 2.18. The van der Waals surface area contributed by atoms with E-state index in [9.17, 15) is 4.79 Å². The van der Waals surface area contributed by atoms with Crippen LogP contribution in [0.4, 0.5) is 5.69 Å². The molecule has 3 rings (SSSR count). The van der Waals surface area contributed by atoms with E-state index in [1.165, 1.54) is 12.8 Å². The number of piperazine rings is 1. The van der Waals surface area contributed by atoms with Gasteiger partial charge in [-0.2, -0.15) is 5.10 Å². The molecule has 1 aromatic heterocycles. The monoisotopic (exact) mass is 291 g/mol. The SMILES string of the molecule is CN1CCN(c2cnn(CCCNC3CC3)c(=O)c2)CC1. The zero-order valence-corrected chi connectivity index (χ0v) is 12.8. The maximum absolute atomic E-state index is 12.1. The zero-order valence-electron chi connectivity index (χ0n) is 12.8. The topological polar surface area (TPSA) is 53.4 Å². The van der Waals surface area contributed by atoms with E-state index in [4.69, 9.17) is 0 Å². The van der Waals surface area contributed by atoms with E-state index in [2.05, 4.69) is 27.3 Å². The summed E-state index contributed by atoms with van der Waals surface area (Å²) in [4.78, 5) is 16.7. The average molecular weight is 291 g/mol. The maximum Gasteiger partial charge on any atom is 0.268 e. The molecule has 2 heterocycles. The normalized spacial score (nSPS) is 20.0. The summed E-state index contributed by atoms with van der Waals surface area (Å²) in [6.07, 6.45) is 5.40. The van der Waals surface area contributed by atoms with Gasteiger partial charge in [0.2, 0.25) is 0 Å². The molecular weight excluding hydrogens is 266 g/mol. The van der Waals surface area contributed by atoms with E-state index in [0.29, 0.717) is 6.54 Å². The molecule has 0 spiro atoms. The summed E-state index contributed by atoms with van der Waals surface area (Å²) >= 11 is 0. The van der Waals surface area contributed by atoms with E-state index in [-0.39, 0.29) is 5.56 Å². The Labute approximate surface area is 125 Å². The Balaban J connectivity index is 1.53. The molecular formula is C15H25N5O. The Kier molecular flexibility index (Phi) is 4.55. The van der Waals surface area contributed by atoms with E-state index in [0.717, 1.165) is 50.9 Å². The predicted molar refractivity (Wildman–Crippen MR) is 83.8 cm³/mol. The van der Waals surface area contributed by atoms with Crippen molar-refractivity contribution >= 4 is 5.69 Å². The van der Waals surface area contributed by atoms with Crippen molar-refractivity contribution in [2.24, 2.45) is 0 Å². The molecule has 0 bridgehead atoms. The van der Waals surface area contributed by atoms with Crippen molar-refractivity contribution in [3.63, 3.8) is 0 Å². The molecule has 0 radical (unpaired) electrons. The van der Waals surface area contributed by atoms with Gasteiger partial charge in [0.1, 0.15) is 0 Å². The zero-order chi connectivity index (χ0) is 14.7. The van der Waals surface area contributed by atoms with Crippen LogP contribution in [0.3, 0.4) is 0 Å². The van der Waals surface area contributed by atoms with Gasteiger partial charge in [-0.1, -0.05) is 0 Å². The largest absolute Gasteiger partial charge is 0.368 e. The third kappa shape index (κ3) is 4.04. The van der Waals surface area contributed by atoms with Crippen LogP contribution in [-0.2, 0) is 6.54 Å². The highest BCUT2D eigenvalue weighted by atomic mass is 16.1. The molecule has 0 atom stereocenters. The Bertz CT molecular complexity index is 517. The average Bonchev–Trinajstić information content (AvgIpc) is 3.30. The number of hydrogen-bond acceptors (Lipinski definition) is 5. The van der Waals surface area contributed by atoms with Crippen molar-refractivity contribution in [3.05, 3.63) is 22.6 Å². The summed E-state index contributed by atoms with van der Waals surface area (Å²) in [6, 6.07) is 2.46. The first-order valence-corrected chi connectivity index (χ1v) is 7.96. The van der Waals surface area contributed by atoms with Crippen LogP contribution in [0.25, 0.3) is 0 Å². The number of likely N-dealkylation sites (N-methyl/N-ethyl adjacent to an activating group) is 1. The molecule has 116 valence electrons. The first-order valence-electron chi connectivity index (χ1n) is 7.96. The van der Waals surface area contributed by atoms with Crippen molar-refractivity contribution in [1.82, 2.24) is 20.0 Å². The fraction of sp³-hybridized carbons (Fsp3) is 0.733. The quantitative estimate of drug-likeness (QED) is 0.756. The minimum Gasteiger partial charge on any atom is -0.368 e. The summed E-state index contributed by atoms with van der Waals surface area (Å²) < 4.78 is 1.58. The fourth-order valence-electron chi connectivity index (χ4n) is 2.65. The Morgan fingerprint density at radius 1 is 1.29 bits per heavy atom. The minimum absolute atomic E-state index is 0.0119. The van der Waals surface area contributed by atoms with Gasteiger partial charge in [-0.15, -0.1) is 0 Å². The molecule has 6 heteroatoms. The van der Waals surface area contributed by atoms with Crippen LogP contribution in [-0.4, -0.2) is 60.5 Å². The first kappa shape index (κ1) is 14.5. The molecule has 0 unspecified atom stereocenters. The lowest BCUT2D eigenvalue weighted by atomic mass is 10.3. The smallest absolute Gasteiger partial charge is 0.268 e. The van der Waals surface area contributed by atoms with Crippen LogP contribution in [0.1, 0.15) is 19.3 Å². The molecule has 2 aliphatic rings. The van der Waals surface area contributed by atoms with Crippen molar-refractivity contribution < 1.29 is 0 Å². The number of rotatable bonds is 6. The highest BCUT2D eigenvalue weighted by molar-refractivity contribution is 5.43. The Hall–Kier alpha value is -1.40. The number of aryl methyl sites for hydroxylation is 1. The van der Waals surface area contributed by atoms with Crippen LogP contribution in [0.2, 0.25) is 0 Å². The van der Waals surface area contributed by atoms with Gasteiger partial charge in [0.25, 0.3) is 5.56 Å². The second-order valence-electron chi connectivity index (χ2n) is 6.15. The number of hydrogen-bond donors (Lipinski definition) is 1. The van der Waals surface area contributed by atoms with Gasteiger partial charge in [-0.3, -0.25) is 4.79 Å². The van der Waals surface area contributed by atoms with E-state index < -0.39 is 0 Å². The number of nitrogens with one attached hydrogen (secondary N) is 1. The molecule has 1 saturated carbocycles. The van der Waals surface area contributed by atoms with E-state index >= 15 is 0 Å². The summed E-state index contributed by atoms with van der Waals surface area (Å²) in [5.74, 6) is 0. The first-order chi connectivity index (χ1) is 10.2. The molecule has 1 aliphatic carbocycles. The summed E-state index contributed by atoms with van der Waals surface area (Å²) in [6.45, 7) is 5.67. The molecule has 0 amide bonds. The lowest BCUT2D eigenvalue weighted by Crippen LogP contribution is -2.45. The van der Waals surface area contributed by atoms with Gasteiger partial charge in [0.05, 0.1) is 11.9 Å². The van der Waals surface area contributed by atoms with Gasteiger partial charge in [0, 0.05) is 44.8 Å². The van der Waals surface area contributed by atoms with Gasteiger partial charge in [-0.05, 0) is 32.9 Å². The highest BCUT2D eigenvalue weighted by Gasteiger charge is 2.19. The standard InChI is InChI=1S/C15H25N5O/c1-18-7-9-19(10-8-18)14-11-15(21)20(17-12-14)6-2-5-16-13-3-4-13/h11-13,16H,2-10H2,1H3. The van der Waals surface area contributed by atoms with Crippen LogP contribution < -0.4 is 15.8 Å². The lowest BCUT2D eigenvalue weighted by molar-refractivity contribution is 0.312. The van der Waals surface area contributed by atoms with Crippen molar-refractivity contribution in [3.8, 4) is 0 Å². The summed E-state index contributed by atoms with van der Waals surface area (Å²) in [5, 5.41) is 7.78. The van der Waals surface area contributed by atoms with Gasteiger partial charge >= 0.3 is 0 Å². The lowest BCUT2D eigenvalue weighted by Gasteiger charge is -2.33. The summed E-state index contributed by atoms with van der Waals surface area (Å²) in [7, 11) is 2.13. The molecule has 2 fully saturated rings. The minimum atomic E-state index is 0.0119. The van der Waals surface area contributed by atoms with Gasteiger partial charge in [0.15, 0.2) is 0 Å². The molecule has 1 aliphatic heterocycles. The Morgan fingerprint density at radius 3 is 2.71 bits per heavy atom. The summed E-state index contributed by atoms with van der Waals surface area (Å²) in [5.41, 5.74) is 0.971. The predicted octanol–water partition coefficient (Wildman–Crippen LogP) is 0.137. The Morgan fingerprint density at radius 2 is 2.05 bits per heavy atom. The van der Waals surface area contributed by atoms with E-state index in [1.807, 2.05) is 6.20 Å². The number of nitrogens with zero attached hydrogens (tertiary/aromatic N) is 4. The second-order valence-corrected chi connectivity index (χ2v) is 6.15. The third-order valence-corrected chi connectivity index (χ3v) is 4.28. The van der Waals surface area contributed by atoms with E-state index in [1.54, 1.807) is 10.7 Å². The molecule has 1 saturated heterocycles. The molecule has 6 nitrogen and oxygen atoms in total. The van der Waals surface area contributed by atoms with Crippen LogP contribution >= 0.6 is 0 Å². The number of anilines is 1. The molecule has 21 heavy (non-hydrogen) atoms. The van der Waals surface area contributed by atoms with Gasteiger partial charge < -0.3 is 15.1 Å². The second kappa shape index (κ2) is 6.58. The number of aromatic nitrogens is 2. The van der Waals surface area contributed by atoms with Crippen molar-refractivity contribution in [2.45, 2.75) is 31.8 Å². The van der Waals surface area contributed by atoms with Crippen LogP contribution in [0.15, 0.2) is 17.1 Å². The fourth-order valence-corrected chi connectivity index (χ4v) is 2.65. The molecule has 1 N–H and O–H groups in total. The van der Waals surface area contributed by atoms with Crippen LogP contribution in [0, 0.1) is 0 Å². The van der Waals surface area contributed by atoms with Gasteiger partial charge in [-0.25, -0.2) is 4.68 Å². The third-order valence-electron chi connectivity index (χ3n) is 4.28. The van der Waals surface area contributed by atoms with Crippen LogP contribution in [0.5, 0.6) is 0 Å². The molecule has 0 aromatic carbocycles. The maximum atomic E-state index is 12.1. The van der Waals surface area contributed by atoms with Crippen molar-refractivity contribution in [1.29, 1.82) is 0 Å².